The number of carbonyl (C=O) groups excluding carboxylic acids is 2. The second kappa shape index (κ2) is 20.2. The molecule has 0 radical (unpaired) electrons. The fraction of sp³-hybridized carbons (Fsp3) is 0.920. The maximum atomic E-state index is 11.6. The summed E-state index contributed by atoms with van der Waals surface area (Å²) >= 11 is 0. The number of unbranched alkanes of at least 4 members (excludes halogenated alkanes) is 16. The smallest absolute Gasteiger partial charge is 0.306 e. The number of ether oxygens (including phenoxy) is 2. The molecule has 0 saturated heterocycles. The van der Waals surface area contributed by atoms with Crippen molar-refractivity contribution in [1.29, 1.82) is 0 Å². The van der Waals surface area contributed by atoms with Crippen LogP contribution < -0.4 is 0 Å². The normalized spacial score (nSPS) is 11.4. The van der Waals surface area contributed by atoms with E-state index in [1.54, 1.807) is 0 Å². The first-order chi connectivity index (χ1) is 14.0. The Hall–Kier alpha value is -1.06. The Morgan fingerprint density at radius 3 is 1.31 bits per heavy atom. The lowest BCUT2D eigenvalue weighted by Crippen LogP contribution is -2.23. The van der Waals surface area contributed by atoms with Crippen LogP contribution in [0.15, 0.2) is 0 Å². The molecule has 0 saturated carbocycles. The molecule has 0 aromatic rings. The molecule has 172 valence electrons. The lowest BCUT2D eigenvalue weighted by molar-refractivity contribution is -0.154. The molecule has 0 aliphatic rings. The minimum atomic E-state index is -0.355. The predicted octanol–water partition coefficient (Wildman–Crippen LogP) is 7.52. The van der Waals surface area contributed by atoms with Gasteiger partial charge >= 0.3 is 5.97 Å². The minimum absolute atomic E-state index is 0.0568. The topological polar surface area (TPSA) is 52.6 Å². The molecule has 0 bridgehead atoms. The Morgan fingerprint density at radius 2 is 0.966 bits per heavy atom. The van der Waals surface area contributed by atoms with Gasteiger partial charge in [0.2, 0.25) is 0 Å². The van der Waals surface area contributed by atoms with Crippen LogP contribution >= 0.6 is 0 Å². The molecule has 0 spiro atoms. The van der Waals surface area contributed by atoms with E-state index in [4.69, 9.17) is 4.74 Å². The van der Waals surface area contributed by atoms with Gasteiger partial charge in [0.15, 0.2) is 0 Å². The fourth-order valence-corrected chi connectivity index (χ4v) is 3.55. The molecule has 4 heteroatoms. The van der Waals surface area contributed by atoms with Crippen LogP contribution in [0.1, 0.15) is 136 Å². The van der Waals surface area contributed by atoms with E-state index in [0.717, 1.165) is 19.3 Å². The monoisotopic (exact) mass is 412 g/mol. The zero-order valence-electron chi connectivity index (χ0n) is 19.6. The van der Waals surface area contributed by atoms with E-state index in [0.29, 0.717) is 19.5 Å². The molecule has 0 aliphatic heterocycles. The Morgan fingerprint density at radius 1 is 0.621 bits per heavy atom. The number of rotatable bonds is 21. The number of hydrogen-bond donors (Lipinski definition) is 0. The van der Waals surface area contributed by atoms with E-state index in [2.05, 4.69) is 4.74 Å². The molecule has 0 amide bonds. The summed E-state index contributed by atoms with van der Waals surface area (Å²) in [6.45, 7) is 6.88. The van der Waals surface area contributed by atoms with Gasteiger partial charge in [-0.05, 0) is 33.6 Å². The van der Waals surface area contributed by atoms with Crippen molar-refractivity contribution in [3.8, 4) is 0 Å². The highest BCUT2D eigenvalue weighted by atomic mass is 16.6. The van der Waals surface area contributed by atoms with E-state index >= 15 is 0 Å². The summed E-state index contributed by atoms with van der Waals surface area (Å²) in [5.74, 6) is -0.0568. The molecule has 0 N–H and O–H groups in total. The van der Waals surface area contributed by atoms with Gasteiger partial charge < -0.3 is 9.47 Å². The van der Waals surface area contributed by atoms with E-state index < -0.39 is 0 Å². The van der Waals surface area contributed by atoms with Crippen molar-refractivity contribution in [1.82, 2.24) is 0 Å². The molecule has 29 heavy (non-hydrogen) atoms. The van der Waals surface area contributed by atoms with Crippen molar-refractivity contribution in [3.05, 3.63) is 0 Å². The van der Waals surface area contributed by atoms with Crippen LogP contribution in [0.5, 0.6) is 0 Å². The second-order valence-electron chi connectivity index (χ2n) is 9.31. The molecule has 0 atom stereocenters. The molecule has 0 aromatic heterocycles. The van der Waals surface area contributed by atoms with Crippen LogP contribution in [-0.2, 0) is 19.1 Å². The second-order valence-corrected chi connectivity index (χ2v) is 9.31. The highest BCUT2D eigenvalue weighted by molar-refractivity contribution is 5.69. The first kappa shape index (κ1) is 27.9. The van der Waals surface area contributed by atoms with E-state index in [9.17, 15) is 9.59 Å². The zero-order valence-corrected chi connectivity index (χ0v) is 19.6. The average Bonchev–Trinajstić information content (AvgIpc) is 2.65. The fourth-order valence-electron chi connectivity index (χ4n) is 3.55. The van der Waals surface area contributed by atoms with Crippen molar-refractivity contribution in [2.75, 3.05) is 6.61 Å². The van der Waals surface area contributed by atoms with Gasteiger partial charge in [-0.2, -0.15) is 0 Å². The average molecular weight is 413 g/mol. The molecule has 0 unspecified atom stereocenters. The Kier molecular flexibility index (Phi) is 19.5. The first-order valence-electron chi connectivity index (χ1n) is 12.2. The molecular weight excluding hydrogens is 364 g/mol. The summed E-state index contributed by atoms with van der Waals surface area (Å²) in [4.78, 5) is 21.6. The zero-order chi connectivity index (χ0) is 21.6. The Bertz CT molecular complexity index is 374. The third-order valence-electron chi connectivity index (χ3n) is 5.13. The highest BCUT2D eigenvalue weighted by Gasteiger charge is 2.15. The minimum Gasteiger partial charge on any atom is -0.468 e. The van der Waals surface area contributed by atoms with Gasteiger partial charge in [0.05, 0.1) is 6.61 Å². The van der Waals surface area contributed by atoms with Crippen molar-refractivity contribution >= 4 is 12.4 Å². The number of hydrogen-bond acceptors (Lipinski definition) is 4. The van der Waals surface area contributed by atoms with Gasteiger partial charge in [0.25, 0.3) is 6.47 Å². The standard InChI is InChI=1S/C25H48O4/c1-25(2,3)29-24(27)21-19-17-15-13-11-9-7-5-4-6-8-10-12-14-16-18-20-22-28-23-26/h23H,4-22H2,1-3H3. The third kappa shape index (κ3) is 24.9. The molecule has 0 aromatic carbocycles. The van der Waals surface area contributed by atoms with Crippen LogP contribution in [0.25, 0.3) is 0 Å². The van der Waals surface area contributed by atoms with Crippen LogP contribution in [0.4, 0.5) is 0 Å². The van der Waals surface area contributed by atoms with Crippen LogP contribution in [-0.4, -0.2) is 24.6 Å². The van der Waals surface area contributed by atoms with Gasteiger partial charge in [-0.25, -0.2) is 0 Å². The van der Waals surface area contributed by atoms with Crippen molar-refractivity contribution in [2.24, 2.45) is 0 Å². The van der Waals surface area contributed by atoms with E-state index in [-0.39, 0.29) is 11.6 Å². The summed E-state index contributed by atoms with van der Waals surface area (Å²) in [6.07, 6.45) is 22.3. The van der Waals surface area contributed by atoms with Gasteiger partial charge in [-0.1, -0.05) is 96.3 Å². The Labute approximate surface area is 180 Å². The van der Waals surface area contributed by atoms with Gasteiger partial charge in [-0.3, -0.25) is 9.59 Å². The molecule has 0 heterocycles. The summed E-state index contributed by atoms with van der Waals surface area (Å²) in [6, 6.07) is 0. The van der Waals surface area contributed by atoms with Gasteiger partial charge in [0.1, 0.15) is 5.60 Å². The Balaban J connectivity index is 3.12. The lowest BCUT2D eigenvalue weighted by atomic mass is 10.0. The van der Waals surface area contributed by atoms with Crippen molar-refractivity contribution in [3.63, 3.8) is 0 Å². The lowest BCUT2D eigenvalue weighted by Gasteiger charge is -2.19. The summed E-state index contributed by atoms with van der Waals surface area (Å²) in [5.41, 5.74) is -0.355. The molecule has 0 fully saturated rings. The SMILES string of the molecule is CC(C)(C)OC(=O)CCCCCCCCCCCCCCCCCCCOC=O. The van der Waals surface area contributed by atoms with Gasteiger partial charge in [-0.15, -0.1) is 0 Å². The van der Waals surface area contributed by atoms with Crippen LogP contribution in [0, 0.1) is 0 Å². The molecular formula is C25H48O4. The van der Waals surface area contributed by atoms with E-state index in [1.807, 2.05) is 20.8 Å². The quantitative estimate of drug-likeness (QED) is 0.111. The first-order valence-corrected chi connectivity index (χ1v) is 12.2. The summed E-state index contributed by atoms with van der Waals surface area (Å²) in [7, 11) is 0. The highest BCUT2D eigenvalue weighted by Crippen LogP contribution is 2.15. The number of esters is 1. The summed E-state index contributed by atoms with van der Waals surface area (Å²) < 4.78 is 10.0. The van der Waals surface area contributed by atoms with Gasteiger partial charge in [0, 0.05) is 6.42 Å². The van der Waals surface area contributed by atoms with Crippen molar-refractivity contribution < 1.29 is 19.1 Å². The molecule has 0 aliphatic carbocycles. The largest absolute Gasteiger partial charge is 0.468 e. The maximum Gasteiger partial charge on any atom is 0.306 e. The van der Waals surface area contributed by atoms with E-state index in [1.165, 1.54) is 89.9 Å². The molecule has 0 rings (SSSR count). The summed E-state index contributed by atoms with van der Waals surface area (Å²) in [5, 5.41) is 0. The number of carbonyl (C=O) groups is 2. The maximum absolute atomic E-state index is 11.6. The molecule has 4 nitrogen and oxygen atoms in total. The van der Waals surface area contributed by atoms with Crippen LogP contribution in [0.2, 0.25) is 0 Å². The van der Waals surface area contributed by atoms with Crippen LogP contribution in [0.3, 0.4) is 0 Å². The predicted molar refractivity (Wildman–Crippen MR) is 121 cm³/mol. The third-order valence-corrected chi connectivity index (χ3v) is 5.13. The van der Waals surface area contributed by atoms with Crippen molar-refractivity contribution in [2.45, 2.75) is 142 Å².